The Morgan fingerprint density at radius 1 is 1.13 bits per heavy atom. The summed E-state index contributed by atoms with van der Waals surface area (Å²) >= 11 is 0. The number of amides is 1. The number of imidazole rings is 1. The van der Waals surface area contributed by atoms with Gasteiger partial charge in [-0.2, -0.15) is 0 Å². The maximum absolute atomic E-state index is 12.8. The van der Waals surface area contributed by atoms with Crippen molar-refractivity contribution in [2.45, 2.75) is 31.7 Å². The lowest BCUT2D eigenvalue weighted by molar-refractivity contribution is 0.0730. The van der Waals surface area contributed by atoms with Crippen LogP contribution in [-0.4, -0.2) is 45.4 Å². The third-order valence-electron chi connectivity index (χ3n) is 4.77. The number of hydrogen-bond acceptors (Lipinski definition) is 4. The van der Waals surface area contributed by atoms with Gasteiger partial charge in [-0.3, -0.25) is 4.79 Å². The molecule has 0 saturated carbocycles. The normalized spacial score (nSPS) is 21.1. The highest BCUT2D eigenvalue weighted by molar-refractivity contribution is 5.94. The van der Waals surface area contributed by atoms with Crippen LogP contribution in [0.25, 0.3) is 0 Å². The highest BCUT2D eigenvalue weighted by Gasteiger charge is 2.32. The minimum Gasteiger partial charge on any atom is -0.357 e. The third kappa shape index (κ3) is 2.69. The Bertz CT molecular complexity index is 661. The van der Waals surface area contributed by atoms with E-state index in [1.54, 1.807) is 12.4 Å². The highest BCUT2D eigenvalue weighted by atomic mass is 16.2. The van der Waals surface area contributed by atoms with Crippen LogP contribution in [0.5, 0.6) is 0 Å². The van der Waals surface area contributed by atoms with Crippen LogP contribution >= 0.6 is 0 Å². The van der Waals surface area contributed by atoms with Crippen molar-refractivity contribution >= 4 is 11.7 Å². The van der Waals surface area contributed by atoms with Crippen molar-refractivity contribution in [1.82, 2.24) is 19.9 Å². The maximum Gasteiger partial charge on any atom is 0.256 e. The summed E-state index contributed by atoms with van der Waals surface area (Å²) in [5, 5.41) is 0. The molecule has 1 N–H and O–H groups in total. The van der Waals surface area contributed by atoms with E-state index in [1.165, 1.54) is 12.8 Å². The van der Waals surface area contributed by atoms with Gasteiger partial charge >= 0.3 is 0 Å². The van der Waals surface area contributed by atoms with Crippen molar-refractivity contribution in [1.29, 1.82) is 0 Å². The Morgan fingerprint density at radius 3 is 2.70 bits per heavy atom. The van der Waals surface area contributed by atoms with Gasteiger partial charge in [0.2, 0.25) is 0 Å². The molecule has 2 aromatic rings. The molecule has 0 spiro atoms. The molecule has 2 fully saturated rings. The molecule has 1 atom stereocenters. The summed E-state index contributed by atoms with van der Waals surface area (Å²) in [6.45, 7) is 2.90. The molecule has 1 amide bonds. The highest BCUT2D eigenvalue weighted by Crippen LogP contribution is 2.31. The van der Waals surface area contributed by atoms with E-state index in [2.05, 4.69) is 19.9 Å². The van der Waals surface area contributed by atoms with Crippen LogP contribution < -0.4 is 4.90 Å². The number of aromatic amines is 1. The monoisotopic (exact) mass is 311 g/mol. The van der Waals surface area contributed by atoms with E-state index in [9.17, 15) is 4.79 Å². The fourth-order valence-corrected chi connectivity index (χ4v) is 3.57. The average molecular weight is 311 g/mol. The topological polar surface area (TPSA) is 65.1 Å². The number of rotatable bonds is 3. The Kier molecular flexibility index (Phi) is 3.73. The van der Waals surface area contributed by atoms with E-state index in [-0.39, 0.29) is 11.9 Å². The van der Waals surface area contributed by atoms with Gasteiger partial charge in [0.25, 0.3) is 5.91 Å². The van der Waals surface area contributed by atoms with Crippen LogP contribution in [0.2, 0.25) is 0 Å². The number of H-pyrrole nitrogens is 1. The maximum atomic E-state index is 12.8. The number of hydrogen-bond donors (Lipinski definition) is 1. The number of nitrogens with one attached hydrogen (secondary N) is 1. The smallest absolute Gasteiger partial charge is 0.256 e. The second-order valence-electron chi connectivity index (χ2n) is 6.23. The summed E-state index contributed by atoms with van der Waals surface area (Å²) in [6, 6.07) is 3.92. The Hall–Kier alpha value is -2.37. The number of nitrogens with zero attached hydrogens (tertiary/aromatic N) is 4. The van der Waals surface area contributed by atoms with Crippen molar-refractivity contribution in [2.75, 3.05) is 24.5 Å². The lowest BCUT2D eigenvalue weighted by Gasteiger charge is -2.23. The van der Waals surface area contributed by atoms with Crippen LogP contribution in [0, 0.1) is 0 Å². The first-order valence-electron chi connectivity index (χ1n) is 8.34. The molecule has 2 aliphatic rings. The molecular formula is C17H21N5O. The summed E-state index contributed by atoms with van der Waals surface area (Å²) in [4.78, 5) is 28.9. The Labute approximate surface area is 135 Å². The standard InChI is InChI=1S/C17H21N5O/c23-17(22-11-3-4-14(22)16-18-7-8-19-16)13-5-6-15(20-12-13)21-9-1-2-10-21/h5-8,12,14H,1-4,9-11H2,(H,18,19). The van der Waals surface area contributed by atoms with Crippen LogP contribution in [0.1, 0.15) is 47.9 Å². The molecule has 0 aliphatic carbocycles. The summed E-state index contributed by atoms with van der Waals surface area (Å²) in [5.41, 5.74) is 0.659. The number of pyridine rings is 1. The van der Waals surface area contributed by atoms with E-state index < -0.39 is 0 Å². The molecule has 4 rings (SSSR count). The second kappa shape index (κ2) is 6.02. The van der Waals surface area contributed by atoms with Gasteiger partial charge in [-0.1, -0.05) is 0 Å². The van der Waals surface area contributed by atoms with Gasteiger partial charge in [0, 0.05) is 38.2 Å². The van der Waals surface area contributed by atoms with Crippen LogP contribution in [0.3, 0.4) is 0 Å². The fourth-order valence-electron chi connectivity index (χ4n) is 3.57. The minimum absolute atomic E-state index is 0.0457. The zero-order valence-electron chi connectivity index (χ0n) is 13.1. The van der Waals surface area contributed by atoms with E-state index in [4.69, 9.17) is 0 Å². The van der Waals surface area contributed by atoms with E-state index in [1.807, 2.05) is 23.2 Å². The molecule has 6 nitrogen and oxygen atoms in total. The summed E-state index contributed by atoms with van der Waals surface area (Å²) in [5.74, 6) is 1.89. The molecule has 120 valence electrons. The van der Waals surface area contributed by atoms with Crippen LogP contribution in [-0.2, 0) is 0 Å². The number of carbonyl (C=O) groups is 1. The average Bonchev–Trinajstić information content (AvgIpc) is 3.35. The van der Waals surface area contributed by atoms with Gasteiger partial charge in [0.1, 0.15) is 11.6 Å². The van der Waals surface area contributed by atoms with Crippen molar-refractivity contribution in [3.8, 4) is 0 Å². The van der Waals surface area contributed by atoms with Crippen LogP contribution in [0.15, 0.2) is 30.7 Å². The predicted molar refractivity (Wildman–Crippen MR) is 87.3 cm³/mol. The summed E-state index contributed by atoms with van der Waals surface area (Å²) in [7, 11) is 0. The Morgan fingerprint density at radius 2 is 2.00 bits per heavy atom. The first-order chi connectivity index (χ1) is 11.3. The molecule has 0 bridgehead atoms. The molecule has 23 heavy (non-hydrogen) atoms. The summed E-state index contributed by atoms with van der Waals surface area (Å²) in [6.07, 6.45) is 9.68. The first-order valence-corrected chi connectivity index (χ1v) is 8.34. The van der Waals surface area contributed by atoms with Crippen LogP contribution in [0.4, 0.5) is 5.82 Å². The molecule has 4 heterocycles. The van der Waals surface area contributed by atoms with E-state index in [0.29, 0.717) is 5.56 Å². The molecule has 2 aromatic heterocycles. The van der Waals surface area contributed by atoms with E-state index in [0.717, 1.165) is 44.1 Å². The minimum atomic E-state index is 0.0457. The third-order valence-corrected chi connectivity index (χ3v) is 4.77. The molecule has 0 aromatic carbocycles. The molecule has 2 saturated heterocycles. The number of anilines is 1. The summed E-state index contributed by atoms with van der Waals surface area (Å²) < 4.78 is 0. The van der Waals surface area contributed by atoms with Crippen molar-refractivity contribution < 1.29 is 4.79 Å². The Balaban J connectivity index is 1.51. The van der Waals surface area contributed by atoms with Gasteiger partial charge in [0.05, 0.1) is 11.6 Å². The fraction of sp³-hybridized carbons (Fsp3) is 0.471. The lowest BCUT2D eigenvalue weighted by atomic mass is 10.2. The van der Waals surface area contributed by atoms with Crippen molar-refractivity contribution in [2.24, 2.45) is 0 Å². The van der Waals surface area contributed by atoms with Crippen molar-refractivity contribution in [3.05, 3.63) is 42.1 Å². The van der Waals surface area contributed by atoms with Crippen molar-refractivity contribution in [3.63, 3.8) is 0 Å². The predicted octanol–water partition coefficient (Wildman–Crippen LogP) is 2.38. The number of carbonyl (C=O) groups excluding carboxylic acids is 1. The molecule has 6 heteroatoms. The van der Waals surface area contributed by atoms with Gasteiger partial charge in [0.15, 0.2) is 0 Å². The molecule has 2 aliphatic heterocycles. The second-order valence-corrected chi connectivity index (χ2v) is 6.23. The zero-order valence-corrected chi connectivity index (χ0v) is 13.1. The SMILES string of the molecule is O=C(c1ccc(N2CCCC2)nc1)N1CCCC1c1ncc[nH]1. The molecule has 0 radical (unpaired) electrons. The van der Waals surface area contributed by atoms with Gasteiger partial charge in [-0.15, -0.1) is 0 Å². The molecule has 1 unspecified atom stereocenters. The zero-order chi connectivity index (χ0) is 15.6. The van der Waals surface area contributed by atoms with Gasteiger partial charge in [-0.05, 0) is 37.8 Å². The largest absolute Gasteiger partial charge is 0.357 e. The van der Waals surface area contributed by atoms with Gasteiger partial charge < -0.3 is 14.8 Å². The lowest BCUT2D eigenvalue weighted by Crippen LogP contribution is -2.31. The van der Waals surface area contributed by atoms with Gasteiger partial charge in [-0.25, -0.2) is 9.97 Å². The number of aromatic nitrogens is 3. The first kappa shape index (κ1) is 14.2. The quantitative estimate of drug-likeness (QED) is 0.945. The molecular weight excluding hydrogens is 290 g/mol. The number of likely N-dealkylation sites (tertiary alicyclic amines) is 1. The van der Waals surface area contributed by atoms with E-state index >= 15 is 0 Å².